The highest BCUT2D eigenvalue weighted by Gasteiger charge is 2.12. The van der Waals surface area contributed by atoms with Crippen LogP contribution in [0.1, 0.15) is 29.7 Å². The van der Waals surface area contributed by atoms with Gasteiger partial charge in [0.2, 0.25) is 0 Å². The first kappa shape index (κ1) is 15.2. The molecule has 2 aromatic carbocycles. The molecule has 4 nitrogen and oxygen atoms in total. The van der Waals surface area contributed by atoms with Crippen molar-refractivity contribution >= 4 is 5.69 Å². The minimum absolute atomic E-state index is 0.197. The third-order valence-corrected chi connectivity index (χ3v) is 3.58. The Hall–Kier alpha value is -2.20. The van der Waals surface area contributed by atoms with Crippen molar-refractivity contribution in [1.29, 1.82) is 0 Å². The van der Waals surface area contributed by atoms with Gasteiger partial charge in [-0.15, -0.1) is 0 Å². The maximum absolute atomic E-state index is 11.0. The highest BCUT2D eigenvalue weighted by molar-refractivity contribution is 5.39. The molecule has 110 valence electrons. The Kier molecular flexibility index (Phi) is 5.06. The minimum atomic E-state index is -0.320. The van der Waals surface area contributed by atoms with Crippen LogP contribution in [0.2, 0.25) is 0 Å². The molecule has 1 N–H and O–H groups in total. The summed E-state index contributed by atoms with van der Waals surface area (Å²) in [6.45, 7) is 4.89. The van der Waals surface area contributed by atoms with E-state index in [1.807, 2.05) is 18.2 Å². The number of nitrogens with one attached hydrogen (secondary N) is 1. The summed E-state index contributed by atoms with van der Waals surface area (Å²) in [5.41, 5.74) is 3.44. The van der Waals surface area contributed by atoms with E-state index in [-0.39, 0.29) is 16.7 Å². The number of rotatable bonds is 6. The molecule has 0 saturated heterocycles. The Bertz CT molecular complexity index is 626. The van der Waals surface area contributed by atoms with Gasteiger partial charge in [-0.1, -0.05) is 48.0 Å². The molecule has 21 heavy (non-hydrogen) atoms. The van der Waals surface area contributed by atoms with Gasteiger partial charge in [-0.05, 0) is 32.4 Å². The van der Waals surface area contributed by atoms with Crippen LogP contribution in [0.5, 0.6) is 0 Å². The molecule has 0 aliphatic heterocycles. The van der Waals surface area contributed by atoms with E-state index >= 15 is 0 Å². The van der Waals surface area contributed by atoms with Gasteiger partial charge in [-0.25, -0.2) is 0 Å². The van der Waals surface area contributed by atoms with Crippen molar-refractivity contribution in [1.82, 2.24) is 5.32 Å². The molecule has 2 rings (SSSR count). The molecule has 0 spiro atoms. The lowest BCUT2D eigenvalue weighted by Crippen LogP contribution is -2.21. The lowest BCUT2D eigenvalue weighted by atomic mass is 10.1. The molecule has 2 aromatic rings. The van der Waals surface area contributed by atoms with Gasteiger partial charge in [0.25, 0.3) is 5.69 Å². The number of hydrogen-bond donors (Lipinski definition) is 1. The molecule has 0 aliphatic rings. The summed E-state index contributed by atoms with van der Waals surface area (Å²) in [4.78, 5) is 10.6. The molecular formula is C17H20N2O2. The molecule has 0 fully saturated rings. The second kappa shape index (κ2) is 6.99. The maximum Gasteiger partial charge on any atom is 0.272 e. The summed E-state index contributed by atoms with van der Waals surface area (Å²) in [6, 6.07) is 15.5. The molecule has 0 radical (unpaired) electrons. The first-order valence-electron chi connectivity index (χ1n) is 7.10. The predicted octanol–water partition coefficient (Wildman–Crippen LogP) is 3.80. The number of hydrogen-bond acceptors (Lipinski definition) is 3. The second-order valence-electron chi connectivity index (χ2n) is 5.23. The number of para-hydroxylation sites is 1. The van der Waals surface area contributed by atoms with Crippen LogP contribution in [-0.2, 0) is 6.42 Å². The van der Waals surface area contributed by atoms with Crippen LogP contribution in [-0.4, -0.2) is 11.5 Å². The van der Waals surface area contributed by atoms with Crippen molar-refractivity contribution in [3.63, 3.8) is 0 Å². The van der Waals surface area contributed by atoms with Crippen molar-refractivity contribution in [3.05, 3.63) is 75.3 Å². The number of benzene rings is 2. The number of nitrogens with zero attached hydrogens (tertiary/aromatic N) is 1. The molecule has 0 aliphatic carbocycles. The third-order valence-electron chi connectivity index (χ3n) is 3.58. The predicted molar refractivity (Wildman–Crippen MR) is 84.4 cm³/mol. The second-order valence-corrected chi connectivity index (χ2v) is 5.23. The summed E-state index contributed by atoms with van der Waals surface area (Å²) >= 11 is 0. The van der Waals surface area contributed by atoms with Crippen LogP contribution < -0.4 is 5.32 Å². The van der Waals surface area contributed by atoms with Crippen LogP contribution in [0, 0.1) is 17.0 Å². The molecule has 1 atom stereocenters. The largest absolute Gasteiger partial charge is 0.310 e. The summed E-state index contributed by atoms with van der Waals surface area (Å²) in [7, 11) is 0. The van der Waals surface area contributed by atoms with E-state index in [1.165, 1.54) is 11.1 Å². The SMILES string of the molecule is Cc1cccc([C@@H](C)NCCc2ccccc2[N+](=O)[O-])c1. The normalized spacial score (nSPS) is 12.1. The number of nitro groups is 1. The molecular weight excluding hydrogens is 264 g/mol. The van der Waals surface area contributed by atoms with Crippen LogP contribution in [0.15, 0.2) is 48.5 Å². The zero-order valence-corrected chi connectivity index (χ0v) is 12.4. The standard InChI is InChI=1S/C17H20N2O2/c1-13-6-5-8-16(12-13)14(2)18-11-10-15-7-3-4-9-17(15)19(20)21/h3-9,12,14,18H,10-11H2,1-2H3/t14-/m1/s1. The van der Waals surface area contributed by atoms with Gasteiger partial charge in [0.1, 0.15) is 0 Å². The van der Waals surface area contributed by atoms with E-state index in [0.717, 1.165) is 5.56 Å². The topological polar surface area (TPSA) is 55.2 Å². The van der Waals surface area contributed by atoms with Gasteiger partial charge in [-0.3, -0.25) is 10.1 Å². The van der Waals surface area contributed by atoms with Crippen molar-refractivity contribution in [2.45, 2.75) is 26.3 Å². The van der Waals surface area contributed by atoms with E-state index in [2.05, 4.69) is 37.4 Å². The average Bonchev–Trinajstić information content (AvgIpc) is 2.47. The van der Waals surface area contributed by atoms with Crippen molar-refractivity contribution in [2.75, 3.05) is 6.54 Å². The quantitative estimate of drug-likeness (QED) is 0.648. The van der Waals surface area contributed by atoms with Crippen LogP contribution >= 0.6 is 0 Å². The highest BCUT2D eigenvalue weighted by Crippen LogP contribution is 2.18. The van der Waals surface area contributed by atoms with Crippen molar-refractivity contribution in [3.8, 4) is 0 Å². The molecule has 0 saturated carbocycles. The molecule has 4 heteroatoms. The Balaban J connectivity index is 1.94. The zero-order valence-electron chi connectivity index (χ0n) is 12.4. The van der Waals surface area contributed by atoms with E-state index in [0.29, 0.717) is 13.0 Å². The summed E-state index contributed by atoms with van der Waals surface area (Å²) < 4.78 is 0. The van der Waals surface area contributed by atoms with Crippen molar-refractivity contribution < 1.29 is 4.92 Å². The van der Waals surface area contributed by atoms with Crippen LogP contribution in [0.3, 0.4) is 0 Å². The van der Waals surface area contributed by atoms with E-state index < -0.39 is 0 Å². The zero-order chi connectivity index (χ0) is 15.2. The number of nitro benzene ring substituents is 1. The lowest BCUT2D eigenvalue weighted by Gasteiger charge is -2.14. The Morgan fingerprint density at radius 1 is 1.19 bits per heavy atom. The smallest absolute Gasteiger partial charge is 0.272 e. The van der Waals surface area contributed by atoms with Crippen LogP contribution in [0.25, 0.3) is 0 Å². The van der Waals surface area contributed by atoms with Gasteiger partial charge in [0.05, 0.1) is 4.92 Å². The van der Waals surface area contributed by atoms with Gasteiger partial charge in [0, 0.05) is 17.7 Å². The van der Waals surface area contributed by atoms with Gasteiger partial charge < -0.3 is 5.32 Å². The maximum atomic E-state index is 11.0. The van der Waals surface area contributed by atoms with E-state index in [4.69, 9.17) is 0 Å². The third kappa shape index (κ3) is 4.13. The van der Waals surface area contributed by atoms with Crippen LogP contribution in [0.4, 0.5) is 5.69 Å². The molecule has 0 unspecified atom stereocenters. The molecule has 0 heterocycles. The molecule has 0 amide bonds. The van der Waals surface area contributed by atoms with Crippen molar-refractivity contribution in [2.24, 2.45) is 0 Å². The Morgan fingerprint density at radius 3 is 2.67 bits per heavy atom. The Morgan fingerprint density at radius 2 is 1.95 bits per heavy atom. The molecule has 0 bridgehead atoms. The lowest BCUT2D eigenvalue weighted by molar-refractivity contribution is -0.385. The first-order chi connectivity index (χ1) is 10.1. The first-order valence-corrected chi connectivity index (χ1v) is 7.10. The molecule has 0 aromatic heterocycles. The fraction of sp³-hybridized carbons (Fsp3) is 0.294. The number of aryl methyl sites for hydroxylation is 1. The highest BCUT2D eigenvalue weighted by atomic mass is 16.6. The van der Waals surface area contributed by atoms with Gasteiger partial charge >= 0.3 is 0 Å². The summed E-state index contributed by atoms with van der Waals surface area (Å²) in [5, 5.41) is 14.4. The fourth-order valence-corrected chi connectivity index (χ4v) is 2.38. The van der Waals surface area contributed by atoms with E-state index in [1.54, 1.807) is 12.1 Å². The minimum Gasteiger partial charge on any atom is -0.310 e. The van der Waals surface area contributed by atoms with E-state index in [9.17, 15) is 10.1 Å². The summed E-state index contributed by atoms with van der Waals surface area (Å²) in [6.07, 6.45) is 0.646. The van der Waals surface area contributed by atoms with Gasteiger partial charge in [0.15, 0.2) is 0 Å². The summed E-state index contributed by atoms with van der Waals surface area (Å²) in [5.74, 6) is 0. The monoisotopic (exact) mass is 284 g/mol. The fourth-order valence-electron chi connectivity index (χ4n) is 2.38. The average molecular weight is 284 g/mol. The Labute approximate surface area is 125 Å². The van der Waals surface area contributed by atoms with Gasteiger partial charge in [-0.2, -0.15) is 0 Å².